The molecule has 1 aromatic carbocycles. The maximum Gasteiger partial charge on any atom is 0.490 e. The number of carboxylic acid groups (broad SMARTS) is 1. The van der Waals surface area contributed by atoms with Gasteiger partial charge in [-0.25, -0.2) is 4.79 Å². The van der Waals surface area contributed by atoms with Gasteiger partial charge >= 0.3 is 12.1 Å². The van der Waals surface area contributed by atoms with Crippen molar-refractivity contribution in [2.45, 2.75) is 31.6 Å². The van der Waals surface area contributed by atoms with E-state index in [1.807, 2.05) is 0 Å². The Bertz CT molecular complexity index is 454. The number of benzene rings is 1. The Labute approximate surface area is 126 Å². The van der Waals surface area contributed by atoms with Crippen molar-refractivity contribution in [3.8, 4) is 0 Å². The fourth-order valence-electron chi connectivity index (χ4n) is 2.18. The number of likely N-dealkylation sites (tertiary alicyclic amines) is 1. The molecule has 1 aliphatic rings. The molecule has 0 aromatic heterocycles. The molecule has 0 amide bonds. The van der Waals surface area contributed by atoms with Crippen molar-refractivity contribution in [2.24, 2.45) is 5.84 Å². The van der Waals surface area contributed by atoms with Gasteiger partial charge in [-0.2, -0.15) is 13.2 Å². The van der Waals surface area contributed by atoms with Gasteiger partial charge in [-0.3, -0.25) is 16.2 Å². The van der Waals surface area contributed by atoms with Crippen LogP contribution in [-0.2, 0) is 11.3 Å². The summed E-state index contributed by atoms with van der Waals surface area (Å²) < 4.78 is 31.7. The number of nitrogens with two attached hydrogens (primary N) is 1. The Morgan fingerprint density at radius 2 is 1.95 bits per heavy atom. The molecule has 1 unspecified atom stereocenters. The van der Waals surface area contributed by atoms with E-state index in [-0.39, 0.29) is 0 Å². The molecule has 1 aromatic rings. The largest absolute Gasteiger partial charge is 0.490 e. The molecule has 4 N–H and O–H groups in total. The predicted octanol–water partition coefficient (Wildman–Crippen LogP) is 1.75. The fraction of sp³-hybridized carbons (Fsp3) is 0.500. The van der Waals surface area contributed by atoms with E-state index in [0.717, 1.165) is 13.1 Å². The second-order valence-electron chi connectivity index (χ2n) is 5.03. The first-order chi connectivity index (χ1) is 10.3. The van der Waals surface area contributed by atoms with Crippen LogP contribution in [0.15, 0.2) is 30.3 Å². The number of piperidine rings is 1. The molecule has 1 aliphatic heterocycles. The molecule has 22 heavy (non-hydrogen) atoms. The third-order valence-corrected chi connectivity index (χ3v) is 3.23. The molecule has 1 atom stereocenters. The lowest BCUT2D eigenvalue weighted by atomic mass is 10.1. The molecule has 124 valence electrons. The number of hydrazine groups is 1. The summed E-state index contributed by atoms with van der Waals surface area (Å²) >= 11 is 0. The van der Waals surface area contributed by atoms with E-state index in [9.17, 15) is 13.2 Å². The number of carboxylic acids is 1. The standard InChI is InChI=1S/C12H19N3.C2HF3O2/c13-14-12-7-4-8-15(10-12)9-11-5-2-1-3-6-11;3-2(4,5)1(6)7/h1-3,5-6,12,14H,4,7-10,13H2;(H,6,7). The Kier molecular flexibility index (Phi) is 7.30. The van der Waals surface area contributed by atoms with Crippen LogP contribution < -0.4 is 11.3 Å². The van der Waals surface area contributed by atoms with Crippen molar-refractivity contribution in [1.82, 2.24) is 10.3 Å². The van der Waals surface area contributed by atoms with Crippen LogP contribution in [0.25, 0.3) is 0 Å². The van der Waals surface area contributed by atoms with Crippen molar-refractivity contribution in [3.05, 3.63) is 35.9 Å². The molecule has 8 heteroatoms. The lowest BCUT2D eigenvalue weighted by Crippen LogP contribution is -2.47. The molecule has 5 nitrogen and oxygen atoms in total. The third-order valence-electron chi connectivity index (χ3n) is 3.23. The van der Waals surface area contributed by atoms with Gasteiger partial charge in [0.25, 0.3) is 0 Å². The average Bonchev–Trinajstić information content (AvgIpc) is 2.48. The zero-order valence-corrected chi connectivity index (χ0v) is 12.0. The van der Waals surface area contributed by atoms with Gasteiger partial charge in [0, 0.05) is 19.1 Å². The predicted molar refractivity (Wildman–Crippen MR) is 75.8 cm³/mol. The van der Waals surface area contributed by atoms with Gasteiger partial charge in [0.05, 0.1) is 0 Å². The number of nitrogens with one attached hydrogen (secondary N) is 1. The third kappa shape index (κ3) is 6.88. The van der Waals surface area contributed by atoms with Crippen LogP contribution >= 0.6 is 0 Å². The number of aliphatic carboxylic acids is 1. The van der Waals surface area contributed by atoms with E-state index in [4.69, 9.17) is 15.7 Å². The summed E-state index contributed by atoms with van der Waals surface area (Å²) in [7, 11) is 0. The van der Waals surface area contributed by atoms with E-state index in [2.05, 4.69) is 40.7 Å². The summed E-state index contributed by atoms with van der Waals surface area (Å²) in [5.74, 6) is 2.73. The molecule has 2 rings (SSSR count). The van der Waals surface area contributed by atoms with Crippen LogP contribution in [0.2, 0.25) is 0 Å². The topological polar surface area (TPSA) is 78.6 Å². The van der Waals surface area contributed by atoms with Crippen LogP contribution in [0.4, 0.5) is 13.2 Å². The van der Waals surface area contributed by atoms with E-state index in [1.165, 1.54) is 24.9 Å². The maximum atomic E-state index is 10.6. The van der Waals surface area contributed by atoms with Crippen LogP contribution in [0.3, 0.4) is 0 Å². The summed E-state index contributed by atoms with van der Waals surface area (Å²) in [6.07, 6.45) is -2.65. The highest BCUT2D eigenvalue weighted by atomic mass is 19.4. The summed E-state index contributed by atoms with van der Waals surface area (Å²) in [5, 5.41) is 7.12. The number of hydrogen-bond donors (Lipinski definition) is 3. The first kappa shape index (κ1) is 18.4. The normalized spacial score (nSPS) is 19.2. The smallest absolute Gasteiger partial charge is 0.475 e. The second-order valence-corrected chi connectivity index (χ2v) is 5.03. The summed E-state index contributed by atoms with van der Waals surface area (Å²) in [4.78, 5) is 11.4. The molecule has 0 aliphatic carbocycles. The lowest BCUT2D eigenvalue weighted by Gasteiger charge is -2.32. The Balaban J connectivity index is 0.000000295. The number of nitrogens with zero attached hydrogens (tertiary/aromatic N) is 1. The number of halogens is 3. The summed E-state index contributed by atoms with van der Waals surface area (Å²) in [5.41, 5.74) is 4.26. The van der Waals surface area contributed by atoms with E-state index >= 15 is 0 Å². The van der Waals surface area contributed by atoms with Gasteiger partial charge in [-0.15, -0.1) is 0 Å². The molecule has 1 saturated heterocycles. The quantitative estimate of drug-likeness (QED) is 0.584. The Morgan fingerprint density at radius 1 is 1.36 bits per heavy atom. The van der Waals surface area contributed by atoms with Gasteiger partial charge in [-0.05, 0) is 24.9 Å². The van der Waals surface area contributed by atoms with Gasteiger partial charge in [-0.1, -0.05) is 30.3 Å². The zero-order valence-electron chi connectivity index (χ0n) is 12.0. The first-order valence-electron chi connectivity index (χ1n) is 6.85. The van der Waals surface area contributed by atoms with E-state index in [1.54, 1.807) is 0 Å². The van der Waals surface area contributed by atoms with Crippen molar-refractivity contribution < 1.29 is 23.1 Å². The van der Waals surface area contributed by atoms with Crippen molar-refractivity contribution in [2.75, 3.05) is 13.1 Å². The lowest BCUT2D eigenvalue weighted by molar-refractivity contribution is -0.192. The van der Waals surface area contributed by atoms with Crippen molar-refractivity contribution in [3.63, 3.8) is 0 Å². The number of alkyl halides is 3. The SMILES string of the molecule is NNC1CCCN(Cc2ccccc2)C1.O=C(O)C(F)(F)F. The van der Waals surface area contributed by atoms with Gasteiger partial charge < -0.3 is 5.11 Å². The minimum Gasteiger partial charge on any atom is -0.475 e. The minimum atomic E-state index is -5.08. The van der Waals surface area contributed by atoms with Crippen LogP contribution in [0.5, 0.6) is 0 Å². The van der Waals surface area contributed by atoms with E-state index in [0.29, 0.717) is 6.04 Å². The second kappa shape index (κ2) is 8.72. The Hall–Kier alpha value is -1.64. The van der Waals surface area contributed by atoms with E-state index < -0.39 is 12.1 Å². The molecule has 1 heterocycles. The summed E-state index contributed by atoms with van der Waals surface area (Å²) in [6, 6.07) is 11.1. The highest BCUT2D eigenvalue weighted by molar-refractivity contribution is 5.73. The van der Waals surface area contributed by atoms with Crippen molar-refractivity contribution in [1.29, 1.82) is 0 Å². The molecular weight excluding hydrogens is 299 g/mol. The highest BCUT2D eigenvalue weighted by Crippen LogP contribution is 2.13. The van der Waals surface area contributed by atoms with Gasteiger partial charge in [0.15, 0.2) is 0 Å². The highest BCUT2D eigenvalue weighted by Gasteiger charge is 2.38. The van der Waals surface area contributed by atoms with Gasteiger partial charge in [0.2, 0.25) is 0 Å². The van der Waals surface area contributed by atoms with Crippen LogP contribution in [0, 0.1) is 0 Å². The first-order valence-corrected chi connectivity index (χ1v) is 6.85. The molecule has 0 radical (unpaired) electrons. The monoisotopic (exact) mass is 319 g/mol. The zero-order chi connectivity index (χ0) is 16.6. The number of carbonyl (C=O) groups is 1. The molecule has 0 bridgehead atoms. The van der Waals surface area contributed by atoms with Crippen LogP contribution in [-0.4, -0.2) is 41.3 Å². The molecule has 1 fully saturated rings. The number of hydrogen-bond acceptors (Lipinski definition) is 4. The Morgan fingerprint density at radius 3 is 2.45 bits per heavy atom. The fourth-order valence-corrected chi connectivity index (χ4v) is 2.18. The number of rotatable bonds is 3. The minimum absolute atomic E-state index is 0.461. The van der Waals surface area contributed by atoms with Crippen LogP contribution in [0.1, 0.15) is 18.4 Å². The summed E-state index contributed by atoms with van der Waals surface area (Å²) in [6.45, 7) is 3.29. The average molecular weight is 319 g/mol. The molecular formula is C14H20F3N3O2. The molecule has 0 spiro atoms. The molecule has 0 saturated carbocycles. The van der Waals surface area contributed by atoms with Gasteiger partial charge in [0.1, 0.15) is 0 Å². The van der Waals surface area contributed by atoms with Crippen molar-refractivity contribution >= 4 is 5.97 Å². The maximum absolute atomic E-state index is 10.6.